The molecule has 1 heterocycles. The van der Waals surface area contributed by atoms with Crippen LogP contribution in [0.5, 0.6) is 0 Å². The van der Waals surface area contributed by atoms with Crippen LogP contribution in [0.2, 0.25) is 0 Å². The number of carbonyl (C=O) groups is 1. The maximum Gasteiger partial charge on any atom is 0.309 e. The molecule has 0 saturated carbocycles. The van der Waals surface area contributed by atoms with E-state index >= 15 is 0 Å². The van der Waals surface area contributed by atoms with E-state index in [1.165, 1.54) is 0 Å². The lowest BCUT2D eigenvalue weighted by atomic mass is 9.83. The molecule has 0 bridgehead atoms. The summed E-state index contributed by atoms with van der Waals surface area (Å²) in [4.78, 5) is 11.9. The predicted octanol–water partition coefficient (Wildman–Crippen LogP) is 2.78. The summed E-state index contributed by atoms with van der Waals surface area (Å²) in [5, 5.41) is 0. The van der Waals surface area contributed by atoms with Gasteiger partial charge in [-0.25, -0.2) is 0 Å². The van der Waals surface area contributed by atoms with Gasteiger partial charge in [-0.1, -0.05) is 27.7 Å². The van der Waals surface area contributed by atoms with Crippen molar-refractivity contribution in [3.8, 4) is 0 Å². The van der Waals surface area contributed by atoms with Crippen LogP contribution in [0.25, 0.3) is 0 Å². The molecule has 0 aliphatic carbocycles. The van der Waals surface area contributed by atoms with Gasteiger partial charge in [0.15, 0.2) is 0 Å². The zero-order valence-corrected chi connectivity index (χ0v) is 10.9. The smallest absolute Gasteiger partial charge is 0.309 e. The van der Waals surface area contributed by atoms with E-state index in [1.807, 2.05) is 13.8 Å². The maximum absolute atomic E-state index is 11.9. The van der Waals surface area contributed by atoms with Crippen molar-refractivity contribution in [3.63, 3.8) is 0 Å². The second-order valence-electron chi connectivity index (χ2n) is 5.06. The molecule has 94 valence electrons. The van der Waals surface area contributed by atoms with Gasteiger partial charge in [-0.05, 0) is 12.3 Å². The summed E-state index contributed by atoms with van der Waals surface area (Å²) in [6.45, 7) is 9.58. The highest BCUT2D eigenvalue weighted by Crippen LogP contribution is 2.33. The largest absolute Gasteiger partial charge is 0.458 e. The predicted molar refractivity (Wildman–Crippen MR) is 63.2 cm³/mol. The summed E-state index contributed by atoms with van der Waals surface area (Å²) in [6, 6.07) is 0. The van der Waals surface area contributed by atoms with Gasteiger partial charge in [-0.2, -0.15) is 0 Å². The van der Waals surface area contributed by atoms with E-state index in [0.29, 0.717) is 19.1 Å². The van der Waals surface area contributed by atoms with Crippen LogP contribution in [0.1, 0.15) is 47.0 Å². The first-order chi connectivity index (χ1) is 7.52. The van der Waals surface area contributed by atoms with Crippen molar-refractivity contribution in [3.05, 3.63) is 0 Å². The molecule has 1 rings (SSSR count). The summed E-state index contributed by atoms with van der Waals surface area (Å²) in [6.07, 6.45) is 2.49. The topological polar surface area (TPSA) is 35.5 Å². The lowest BCUT2D eigenvalue weighted by Crippen LogP contribution is -2.46. The summed E-state index contributed by atoms with van der Waals surface area (Å²) >= 11 is 0. The maximum atomic E-state index is 11.9. The SMILES string of the molecule is CCC(C)C(=O)OC1(C(C)C)CCOCC1. The number of hydrogen-bond acceptors (Lipinski definition) is 3. The summed E-state index contributed by atoms with van der Waals surface area (Å²) < 4.78 is 11.1. The molecular weight excluding hydrogens is 204 g/mol. The van der Waals surface area contributed by atoms with Crippen LogP contribution in [0.3, 0.4) is 0 Å². The van der Waals surface area contributed by atoms with Gasteiger partial charge in [-0.15, -0.1) is 0 Å². The van der Waals surface area contributed by atoms with E-state index in [4.69, 9.17) is 9.47 Å². The van der Waals surface area contributed by atoms with E-state index in [-0.39, 0.29) is 17.5 Å². The minimum atomic E-state index is -0.293. The second-order valence-corrected chi connectivity index (χ2v) is 5.06. The molecule has 1 aliphatic heterocycles. The van der Waals surface area contributed by atoms with Crippen LogP contribution in [0.15, 0.2) is 0 Å². The molecule has 1 aliphatic rings. The van der Waals surface area contributed by atoms with Crippen molar-refractivity contribution in [2.24, 2.45) is 11.8 Å². The number of esters is 1. The first-order valence-electron chi connectivity index (χ1n) is 6.32. The quantitative estimate of drug-likeness (QED) is 0.694. The van der Waals surface area contributed by atoms with Gasteiger partial charge in [0.25, 0.3) is 0 Å². The molecule has 0 N–H and O–H groups in total. The van der Waals surface area contributed by atoms with Crippen LogP contribution in [0.4, 0.5) is 0 Å². The highest BCUT2D eigenvalue weighted by Gasteiger charge is 2.40. The molecule has 3 nitrogen and oxygen atoms in total. The molecule has 0 radical (unpaired) electrons. The molecular formula is C13H24O3. The zero-order valence-electron chi connectivity index (χ0n) is 10.9. The zero-order chi connectivity index (χ0) is 12.2. The van der Waals surface area contributed by atoms with Crippen molar-refractivity contribution < 1.29 is 14.3 Å². The van der Waals surface area contributed by atoms with Gasteiger partial charge in [-0.3, -0.25) is 4.79 Å². The van der Waals surface area contributed by atoms with Crippen molar-refractivity contribution in [2.75, 3.05) is 13.2 Å². The van der Waals surface area contributed by atoms with Gasteiger partial charge >= 0.3 is 5.97 Å². The van der Waals surface area contributed by atoms with Gasteiger partial charge in [0.05, 0.1) is 19.1 Å². The lowest BCUT2D eigenvalue weighted by Gasteiger charge is -2.40. The average molecular weight is 228 g/mol. The first-order valence-corrected chi connectivity index (χ1v) is 6.32. The van der Waals surface area contributed by atoms with Crippen molar-refractivity contribution >= 4 is 5.97 Å². The van der Waals surface area contributed by atoms with Crippen LogP contribution >= 0.6 is 0 Å². The Hall–Kier alpha value is -0.570. The Morgan fingerprint density at radius 2 is 1.88 bits per heavy atom. The number of rotatable bonds is 4. The summed E-state index contributed by atoms with van der Waals surface area (Å²) in [5.74, 6) is 0.293. The molecule has 1 atom stereocenters. The third kappa shape index (κ3) is 2.97. The van der Waals surface area contributed by atoms with Crippen LogP contribution in [-0.2, 0) is 14.3 Å². The van der Waals surface area contributed by atoms with E-state index in [1.54, 1.807) is 0 Å². The van der Waals surface area contributed by atoms with E-state index < -0.39 is 0 Å². The fraction of sp³-hybridized carbons (Fsp3) is 0.923. The molecule has 1 unspecified atom stereocenters. The molecule has 0 aromatic rings. The molecule has 1 fully saturated rings. The van der Waals surface area contributed by atoms with E-state index in [9.17, 15) is 4.79 Å². The van der Waals surface area contributed by atoms with Gasteiger partial charge in [0, 0.05) is 12.8 Å². The first kappa shape index (κ1) is 13.5. The third-order valence-electron chi connectivity index (χ3n) is 3.71. The monoisotopic (exact) mass is 228 g/mol. The molecule has 1 saturated heterocycles. The summed E-state index contributed by atoms with van der Waals surface area (Å²) in [5.41, 5.74) is -0.293. The Balaban J connectivity index is 2.67. The third-order valence-corrected chi connectivity index (χ3v) is 3.71. The van der Waals surface area contributed by atoms with Crippen LogP contribution < -0.4 is 0 Å². The van der Waals surface area contributed by atoms with Crippen LogP contribution in [-0.4, -0.2) is 24.8 Å². The summed E-state index contributed by atoms with van der Waals surface area (Å²) in [7, 11) is 0. The van der Waals surface area contributed by atoms with Crippen LogP contribution in [0, 0.1) is 11.8 Å². The molecule has 16 heavy (non-hydrogen) atoms. The van der Waals surface area contributed by atoms with Gasteiger partial charge in [0.2, 0.25) is 0 Å². The Labute approximate surface area is 98.5 Å². The Kier molecular flexibility index (Phi) is 4.78. The molecule has 0 spiro atoms. The molecule has 0 amide bonds. The lowest BCUT2D eigenvalue weighted by molar-refractivity contribution is -0.181. The van der Waals surface area contributed by atoms with E-state index in [2.05, 4.69) is 13.8 Å². The molecule has 3 heteroatoms. The highest BCUT2D eigenvalue weighted by atomic mass is 16.6. The van der Waals surface area contributed by atoms with E-state index in [0.717, 1.165) is 19.3 Å². The standard InChI is InChI=1S/C13H24O3/c1-5-11(4)12(14)16-13(10(2)3)6-8-15-9-7-13/h10-11H,5-9H2,1-4H3. The fourth-order valence-electron chi connectivity index (χ4n) is 1.98. The number of carbonyl (C=O) groups excluding carboxylic acids is 1. The fourth-order valence-corrected chi connectivity index (χ4v) is 1.98. The minimum Gasteiger partial charge on any atom is -0.458 e. The Bertz CT molecular complexity index is 229. The van der Waals surface area contributed by atoms with Gasteiger partial charge < -0.3 is 9.47 Å². The molecule has 0 aromatic carbocycles. The molecule has 0 aromatic heterocycles. The minimum absolute atomic E-state index is 0.00142. The van der Waals surface area contributed by atoms with Crippen molar-refractivity contribution in [1.82, 2.24) is 0 Å². The number of ether oxygens (including phenoxy) is 2. The highest BCUT2D eigenvalue weighted by molar-refractivity contribution is 5.72. The Morgan fingerprint density at radius 1 is 1.31 bits per heavy atom. The van der Waals surface area contributed by atoms with Crippen molar-refractivity contribution in [2.45, 2.75) is 52.6 Å². The average Bonchev–Trinajstić information content (AvgIpc) is 2.28. The second kappa shape index (κ2) is 5.67. The van der Waals surface area contributed by atoms with Crippen molar-refractivity contribution in [1.29, 1.82) is 0 Å². The normalized spacial score (nSPS) is 21.8. The Morgan fingerprint density at radius 3 is 2.31 bits per heavy atom. The van der Waals surface area contributed by atoms with Gasteiger partial charge in [0.1, 0.15) is 5.60 Å². The number of hydrogen-bond donors (Lipinski definition) is 0.